The molecule has 5 rings (SSSR count). The monoisotopic (exact) mass is 507 g/mol. The maximum absolute atomic E-state index is 12.2. The van der Waals surface area contributed by atoms with Gasteiger partial charge in [0, 0.05) is 0 Å². The van der Waals surface area contributed by atoms with Crippen LogP contribution in [-0.4, -0.2) is 80.2 Å². The third-order valence-corrected chi connectivity index (χ3v) is 6.37. The number of ether oxygens (including phenoxy) is 2. The van der Waals surface area contributed by atoms with Gasteiger partial charge in [-0.3, -0.25) is 13.5 Å². The van der Waals surface area contributed by atoms with E-state index in [1.807, 2.05) is 0 Å². The number of phenolic OH excluding ortho intramolecular Hbond substituents is 1. The van der Waals surface area contributed by atoms with Gasteiger partial charge in [-0.1, -0.05) is 12.1 Å². The Morgan fingerprint density at radius 1 is 1.17 bits per heavy atom. The number of aliphatic hydroxyl groups excluding tert-OH is 2. The molecule has 1 saturated heterocycles. The fraction of sp³-hybridized carbons (Fsp3) is 0.400. The Bertz CT molecular complexity index is 1360. The van der Waals surface area contributed by atoms with Gasteiger partial charge in [0.15, 0.2) is 17.4 Å². The third kappa shape index (κ3) is 4.76. The van der Waals surface area contributed by atoms with E-state index in [2.05, 4.69) is 15.0 Å². The lowest BCUT2D eigenvalue weighted by atomic mass is 10.1. The minimum atomic E-state index is -4.63. The number of amides is 1. The number of hydrogen-bond acceptors (Lipinski definition) is 12. The molecular weight excluding hydrogens is 486 g/mol. The molecule has 2 aliphatic rings. The van der Waals surface area contributed by atoms with E-state index in [0.29, 0.717) is 5.52 Å². The van der Waals surface area contributed by atoms with Gasteiger partial charge in [0.2, 0.25) is 5.88 Å². The summed E-state index contributed by atoms with van der Waals surface area (Å²) in [5.41, 5.74) is 0.362. The van der Waals surface area contributed by atoms with Gasteiger partial charge in [-0.05, 0) is 25.0 Å². The highest BCUT2D eigenvalue weighted by Gasteiger charge is 2.45. The molecule has 35 heavy (non-hydrogen) atoms. The third-order valence-electron chi connectivity index (χ3n) is 5.49. The normalized spacial score (nSPS) is 24.5. The van der Waals surface area contributed by atoms with Crippen molar-refractivity contribution in [2.24, 2.45) is 0 Å². The molecule has 3 aromatic rings. The highest BCUT2D eigenvalue weighted by molar-refractivity contribution is 7.85. The topological polar surface area (TPSA) is 195 Å². The van der Waals surface area contributed by atoms with Gasteiger partial charge in [0.05, 0.1) is 18.5 Å². The number of carbonyl (C=O) groups is 1. The number of aliphatic hydroxyl groups is 2. The van der Waals surface area contributed by atoms with Gasteiger partial charge in [0.25, 0.3) is 5.91 Å². The van der Waals surface area contributed by atoms with Gasteiger partial charge >= 0.3 is 10.3 Å². The minimum absolute atomic E-state index is 0.0724. The molecule has 4 N–H and O–H groups in total. The van der Waals surface area contributed by atoms with Crippen molar-refractivity contribution in [2.75, 3.05) is 6.61 Å². The number of para-hydroxylation sites is 1. The number of benzene rings is 1. The molecule has 0 unspecified atom stereocenters. The van der Waals surface area contributed by atoms with E-state index >= 15 is 0 Å². The fourth-order valence-electron chi connectivity index (χ4n) is 3.56. The second kappa shape index (κ2) is 9.01. The summed E-state index contributed by atoms with van der Waals surface area (Å²) < 4.78 is 43.6. The first-order valence-electron chi connectivity index (χ1n) is 10.6. The zero-order valence-electron chi connectivity index (χ0n) is 18.0. The number of carbonyl (C=O) groups excluding carboxylic acids is 1. The standard InChI is InChI=1S/C20H21N5O9S/c26-12-4-2-1-3-11(12)18(29)24-35(30,31)32-7-13-15(27)16(28)20(34-13)25-9-23-14-17(25)21-8-22-19(14)33-10-5-6-10/h1-4,8-10,13,15-16,20,26-28H,5-7H2,(H,24,29)/t13-,15-,16-,20-/m1/s1. The fourth-order valence-corrected chi connectivity index (χ4v) is 4.27. The molecule has 2 fully saturated rings. The number of nitrogens with one attached hydrogen (secondary N) is 1. The molecule has 1 saturated carbocycles. The van der Waals surface area contributed by atoms with Crippen molar-refractivity contribution in [3.63, 3.8) is 0 Å². The van der Waals surface area contributed by atoms with Crippen LogP contribution in [-0.2, 0) is 19.2 Å². The Morgan fingerprint density at radius 2 is 1.94 bits per heavy atom. The van der Waals surface area contributed by atoms with E-state index in [4.69, 9.17) is 13.7 Å². The highest BCUT2D eigenvalue weighted by Crippen LogP contribution is 2.34. The van der Waals surface area contributed by atoms with Crippen molar-refractivity contribution in [3.8, 4) is 11.6 Å². The average molecular weight is 507 g/mol. The molecule has 0 spiro atoms. The van der Waals surface area contributed by atoms with Crippen LogP contribution in [0.3, 0.4) is 0 Å². The molecule has 0 bridgehead atoms. The molecular formula is C20H21N5O9S. The molecule has 1 aliphatic carbocycles. The summed E-state index contributed by atoms with van der Waals surface area (Å²) in [6.07, 6.45) is -0.904. The molecule has 1 amide bonds. The van der Waals surface area contributed by atoms with E-state index < -0.39 is 53.1 Å². The molecule has 1 aromatic carbocycles. The lowest BCUT2D eigenvalue weighted by Gasteiger charge is -2.16. The minimum Gasteiger partial charge on any atom is -0.507 e. The predicted octanol–water partition coefficient (Wildman–Crippen LogP) is -0.616. The van der Waals surface area contributed by atoms with E-state index in [1.54, 1.807) is 4.72 Å². The lowest BCUT2D eigenvalue weighted by molar-refractivity contribution is -0.0468. The van der Waals surface area contributed by atoms with Crippen LogP contribution in [0.1, 0.15) is 29.4 Å². The van der Waals surface area contributed by atoms with Crippen LogP contribution in [0.5, 0.6) is 11.6 Å². The second-order valence-corrected chi connectivity index (χ2v) is 9.40. The number of hydrogen-bond donors (Lipinski definition) is 4. The van der Waals surface area contributed by atoms with Gasteiger partial charge in [-0.2, -0.15) is 13.4 Å². The van der Waals surface area contributed by atoms with Crippen molar-refractivity contribution in [2.45, 2.75) is 43.5 Å². The first-order valence-corrected chi connectivity index (χ1v) is 12.0. The van der Waals surface area contributed by atoms with E-state index in [0.717, 1.165) is 12.8 Å². The summed E-state index contributed by atoms with van der Waals surface area (Å²) in [6, 6.07) is 5.36. The number of fused-ring (bicyclic) bond motifs is 1. The van der Waals surface area contributed by atoms with Crippen LogP contribution in [0.2, 0.25) is 0 Å². The zero-order chi connectivity index (χ0) is 24.7. The summed E-state index contributed by atoms with van der Waals surface area (Å²) >= 11 is 0. The van der Waals surface area contributed by atoms with Gasteiger partial charge in [-0.25, -0.2) is 14.7 Å². The Morgan fingerprint density at radius 3 is 2.69 bits per heavy atom. The number of rotatable bonds is 8. The Kier molecular flexibility index (Phi) is 6.02. The smallest absolute Gasteiger partial charge is 0.362 e. The van der Waals surface area contributed by atoms with Crippen molar-refractivity contribution in [1.82, 2.24) is 24.2 Å². The maximum Gasteiger partial charge on any atom is 0.362 e. The summed E-state index contributed by atoms with van der Waals surface area (Å²) in [4.78, 5) is 24.6. The van der Waals surface area contributed by atoms with Gasteiger partial charge in [0.1, 0.15) is 36.5 Å². The van der Waals surface area contributed by atoms with Crippen molar-refractivity contribution in [3.05, 3.63) is 42.5 Å². The average Bonchev–Trinajstić information content (AvgIpc) is 3.46. The number of nitrogens with zero attached hydrogens (tertiary/aromatic N) is 4. The molecule has 2 aromatic heterocycles. The Balaban J connectivity index is 1.26. The summed E-state index contributed by atoms with van der Waals surface area (Å²) in [7, 11) is -4.63. The first kappa shape index (κ1) is 23.4. The van der Waals surface area contributed by atoms with Crippen LogP contribution in [0.15, 0.2) is 36.9 Å². The van der Waals surface area contributed by atoms with Crippen molar-refractivity contribution in [1.29, 1.82) is 0 Å². The zero-order valence-corrected chi connectivity index (χ0v) is 18.8. The largest absolute Gasteiger partial charge is 0.507 e. The van der Waals surface area contributed by atoms with Crippen molar-refractivity contribution >= 4 is 27.4 Å². The molecule has 14 nitrogen and oxygen atoms in total. The lowest BCUT2D eigenvalue weighted by Crippen LogP contribution is -2.37. The van der Waals surface area contributed by atoms with E-state index in [9.17, 15) is 28.5 Å². The Hall–Kier alpha value is -3.37. The summed E-state index contributed by atoms with van der Waals surface area (Å²) in [5.74, 6) is -1.24. The number of imidazole rings is 1. The molecule has 3 heterocycles. The quantitative estimate of drug-likeness (QED) is 0.302. The number of aromatic nitrogens is 4. The summed E-state index contributed by atoms with van der Waals surface area (Å²) in [5, 5.41) is 30.6. The maximum atomic E-state index is 12.2. The van der Waals surface area contributed by atoms with Gasteiger partial charge < -0.3 is 24.8 Å². The number of aromatic hydroxyl groups is 1. The van der Waals surface area contributed by atoms with Gasteiger partial charge in [-0.15, -0.1) is 0 Å². The molecule has 1 aliphatic heterocycles. The van der Waals surface area contributed by atoms with Crippen LogP contribution < -0.4 is 9.46 Å². The van der Waals surface area contributed by atoms with Crippen LogP contribution >= 0.6 is 0 Å². The highest BCUT2D eigenvalue weighted by atomic mass is 32.2. The summed E-state index contributed by atoms with van der Waals surface area (Å²) in [6.45, 7) is -0.713. The first-order chi connectivity index (χ1) is 16.7. The SMILES string of the molecule is O=C(NS(=O)(=O)OC[C@H]1O[C@@H](n2cnc3c(OC4CC4)ncnc32)[C@H](O)[C@@H]1O)c1ccccc1O. The second-order valence-electron chi connectivity index (χ2n) is 8.05. The van der Waals surface area contributed by atoms with Crippen LogP contribution in [0.25, 0.3) is 11.2 Å². The molecule has 0 radical (unpaired) electrons. The Labute approximate surface area is 198 Å². The van der Waals surface area contributed by atoms with E-state index in [1.165, 1.54) is 41.5 Å². The molecule has 186 valence electrons. The van der Waals surface area contributed by atoms with E-state index in [-0.39, 0.29) is 23.2 Å². The molecule has 15 heteroatoms. The van der Waals surface area contributed by atoms with Crippen molar-refractivity contribution < 1.29 is 42.2 Å². The predicted molar refractivity (Wildman–Crippen MR) is 115 cm³/mol. The van der Waals surface area contributed by atoms with Crippen LogP contribution in [0.4, 0.5) is 0 Å². The molecule has 4 atom stereocenters. The number of phenols is 1. The van der Waals surface area contributed by atoms with Crippen LogP contribution in [0, 0.1) is 0 Å².